The predicted molar refractivity (Wildman–Crippen MR) is 59.0 cm³/mol. The summed E-state index contributed by atoms with van der Waals surface area (Å²) in [6, 6.07) is 5.11. The standard InChI is InChI=1S/C10H5N3O2S/c14-9-3-4-10(15)13(9)6-1-2-7-8(5-6)12-16-11-7/h1-5H. The molecule has 1 aliphatic heterocycles. The number of carbonyl (C=O) groups excluding carboxylic acids is 2. The Morgan fingerprint density at radius 2 is 1.69 bits per heavy atom. The fourth-order valence-corrected chi connectivity index (χ4v) is 2.08. The summed E-state index contributed by atoms with van der Waals surface area (Å²) in [4.78, 5) is 24.0. The molecule has 5 nitrogen and oxygen atoms in total. The van der Waals surface area contributed by atoms with E-state index in [1.54, 1.807) is 18.2 Å². The maximum atomic E-state index is 11.4. The van der Waals surface area contributed by atoms with E-state index < -0.39 is 0 Å². The summed E-state index contributed by atoms with van der Waals surface area (Å²) in [7, 11) is 0. The van der Waals surface area contributed by atoms with Crippen LogP contribution >= 0.6 is 11.7 Å². The number of imide groups is 1. The first-order valence-corrected chi connectivity index (χ1v) is 5.27. The molecule has 2 amide bonds. The van der Waals surface area contributed by atoms with Crippen molar-refractivity contribution < 1.29 is 9.59 Å². The molecule has 6 heteroatoms. The molecule has 2 aromatic rings. The number of nitrogens with zero attached hydrogens (tertiary/aromatic N) is 3. The zero-order valence-electron chi connectivity index (χ0n) is 7.95. The van der Waals surface area contributed by atoms with E-state index in [-0.39, 0.29) is 11.8 Å². The van der Waals surface area contributed by atoms with Gasteiger partial charge in [0.15, 0.2) is 0 Å². The fourth-order valence-electron chi connectivity index (χ4n) is 1.56. The summed E-state index contributed by atoms with van der Waals surface area (Å²) in [6.07, 6.45) is 2.51. The Morgan fingerprint density at radius 3 is 2.44 bits per heavy atom. The van der Waals surface area contributed by atoms with Gasteiger partial charge in [0.2, 0.25) is 0 Å². The topological polar surface area (TPSA) is 63.2 Å². The van der Waals surface area contributed by atoms with Crippen molar-refractivity contribution in [2.75, 3.05) is 4.90 Å². The van der Waals surface area contributed by atoms with Crippen LogP contribution in [0.3, 0.4) is 0 Å². The molecule has 1 aromatic heterocycles. The molecule has 3 rings (SSSR count). The van der Waals surface area contributed by atoms with E-state index in [0.29, 0.717) is 11.2 Å². The van der Waals surface area contributed by atoms with E-state index >= 15 is 0 Å². The first-order chi connectivity index (χ1) is 7.75. The van der Waals surface area contributed by atoms with Crippen LogP contribution in [-0.2, 0) is 9.59 Å². The van der Waals surface area contributed by atoms with Crippen molar-refractivity contribution in [3.8, 4) is 0 Å². The second-order valence-corrected chi connectivity index (χ2v) is 3.81. The molecule has 2 heterocycles. The van der Waals surface area contributed by atoms with Gasteiger partial charge < -0.3 is 0 Å². The van der Waals surface area contributed by atoms with Gasteiger partial charge >= 0.3 is 0 Å². The number of hydrogen-bond acceptors (Lipinski definition) is 5. The summed E-state index contributed by atoms with van der Waals surface area (Å²) >= 11 is 1.10. The lowest BCUT2D eigenvalue weighted by atomic mass is 10.2. The molecule has 0 bridgehead atoms. The lowest BCUT2D eigenvalue weighted by Crippen LogP contribution is -2.29. The van der Waals surface area contributed by atoms with Crippen LogP contribution in [0.2, 0.25) is 0 Å². The number of amides is 2. The molecule has 16 heavy (non-hydrogen) atoms. The monoisotopic (exact) mass is 231 g/mol. The van der Waals surface area contributed by atoms with Gasteiger partial charge in [0.1, 0.15) is 11.0 Å². The third kappa shape index (κ3) is 1.24. The van der Waals surface area contributed by atoms with Gasteiger partial charge in [-0.25, -0.2) is 4.90 Å². The number of hydrogen-bond donors (Lipinski definition) is 0. The number of anilines is 1. The van der Waals surface area contributed by atoms with Crippen LogP contribution in [0.1, 0.15) is 0 Å². The molecule has 0 atom stereocenters. The first kappa shape index (κ1) is 9.17. The molecular weight excluding hydrogens is 226 g/mol. The number of rotatable bonds is 1. The molecule has 0 unspecified atom stereocenters. The second-order valence-electron chi connectivity index (χ2n) is 3.28. The van der Waals surface area contributed by atoms with Crippen LogP contribution in [0.4, 0.5) is 5.69 Å². The van der Waals surface area contributed by atoms with Crippen LogP contribution in [0.15, 0.2) is 30.4 Å². The van der Waals surface area contributed by atoms with Crippen molar-refractivity contribution in [3.63, 3.8) is 0 Å². The van der Waals surface area contributed by atoms with Gasteiger partial charge in [0, 0.05) is 12.2 Å². The molecule has 0 aliphatic carbocycles. The molecule has 0 N–H and O–H groups in total. The summed E-state index contributed by atoms with van der Waals surface area (Å²) in [5, 5.41) is 0. The van der Waals surface area contributed by atoms with Gasteiger partial charge in [0.05, 0.1) is 17.4 Å². The Hall–Kier alpha value is -2.08. The Morgan fingerprint density at radius 1 is 1.00 bits per heavy atom. The van der Waals surface area contributed by atoms with Crippen molar-refractivity contribution in [1.29, 1.82) is 0 Å². The third-order valence-corrected chi connectivity index (χ3v) is 2.86. The SMILES string of the molecule is O=C1C=CC(=O)N1c1ccc2nsnc2c1. The Balaban J connectivity index is 2.12. The maximum Gasteiger partial charge on any atom is 0.258 e. The van der Waals surface area contributed by atoms with Crippen LogP contribution in [0.25, 0.3) is 11.0 Å². The minimum atomic E-state index is -0.326. The van der Waals surface area contributed by atoms with E-state index in [9.17, 15) is 9.59 Å². The quantitative estimate of drug-likeness (QED) is 0.690. The third-order valence-electron chi connectivity index (χ3n) is 2.30. The van der Waals surface area contributed by atoms with Crippen LogP contribution in [-0.4, -0.2) is 20.6 Å². The predicted octanol–water partition coefficient (Wildman–Crippen LogP) is 1.12. The molecule has 0 radical (unpaired) electrons. The number of aromatic nitrogens is 2. The zero-order chi connectivity index (χ0) is 11.1. The van der Waals surface area contributed by atoms with Crippen LogP contribution < -0.4 is 4.90 Å². The number of fused-ring (bicyclic) bond motifs is 1. The molecule has 0 saturated heterocycles. The maximum absolute atomic E-state index is 11.4. The van der Waals surface area contributed by atoms with Gasteiger partial charge in [-0.3, -0.25) is 9.59 Å². The molecule has 0 spiro atoms. The van der Waals surface area contributed by atoms with Crippen LogP contribution in [0, 0.1) is 0 Å². The summed E-state index contributed by atoms with van der Waals surface area (Å²) < 4.78 is 8.11. The largest absolute Gasteiger partial charge is 0.269 e. The fraction of sp³-hybridized carbons (Fsp3) is 0. The average molecular weight is 231 g/mol. The van der Waals surface area contributed by atoms with Crippen molar-refractivity contribution >= 4 is 40.3 Å². The van der Waals surface area contributed by atoms with Gasteiger partial charge in [-0.1, -0.05) is 0 Å². The number of benzene rings is 1. The molecule has 1 aromatic carbocycles. The van der Waals surface area contributed by atoms with Crippen molar-refractivity contribution in [2.45, 2.75) is 0 Å². The summed E-state index contributed by atoms with van der Waals surface area (Å²) in [5.41, 5.74) is 1.98. The van der Waals surface area contributed by atoms with Gasteiger partial charge in [0.25, 0.3) is 11.8 Å². The van der Waals surface area contributed by atoms with E-state index in [1.165, 1.54) is 12.2 Å². The van der Waals surface area contributed by atoms with Crippen molar-refractivity contribution in [2.24, 2.45) is 0 Å². The highest BCUT2D eigenvalue weighted by Crippen LogP contribution is 2.23. The average Bonchev–Trinajstić information content (AvgIpc) is 2.85. The molecule has 0 saturated carbocycles. The van der Waals surface area contributed by atoms with Crippen molar-refractivity contribution in [1.82, 2.24) is 8.75 Å². The van der Waals surface area contributed by atoms with E-state index in [1.807, 2.05) is 0 Å². The highest BCUT2D eigenvalue weighted by atomic mass is 32.1. The normalized spacial score (nSPS) is 15.4. The second kappa shape index (κ2) is 3.21. The highest BCUT2D eigenvalue weighted by Gasteiger charge is 2.25. The Labute approximate surface area is 94.3 Å². The smallest absolute Gasteiger partial charge is 0.258 e. The summed E-state index contributed by atoms with van der Waals surface area (Å²) in [5.74, 6) is -0.653. The van der Waals surface area contributed by atoms with E-state index in [2.05, 4.69) is 8.75 Å². The minimum absolute atomic E-state index is 0.326. The van der Waals surface area contributed by atoms with E-state index in [4.69, 9.17) is 0 Å². The van der Waals surface area contributed by atoms with Gasteiger partial charge in [-0.05, 0) is 18.2 Å². The van der Waals surface area contributed by atoms with Crippen LogP contribution in [0.5, 0.6) is 0 Å². The van der Waals surface area contributed by atoms with E-state index in [0.717, 1.165) is 22.1 Å². The Kier molecular flexibility index (Phi) is 1.84. The minimum Gasteiger partial charge on any atom is -0.269 e. The lowest BCUT2D eigenvalue weighted by molar-refractivity contribution is -0.119. The lowest BCUT2D eigenvalue weighted by Gasteiger charge is -2.12. The van der Waals surface area contributed by atoms with Gasteiger partial charge in [-0.2, -0.15) is 8.75 Å². The molecule has 0 fully saturated rings. The van der Waals surface area contributed by atoms with Gasteiger partial charge in [-0.15, -0.1) is 0 Å². The summed E-state index contributed by atoms with van der Waals surface area (Å²) in [6.45, 7) is 0. The number of carbonyl (C=O) groups is 2. The van der Waals surface area contributed by atoms with Crippen molar-refractivity contribution in [3.05, 3.63) is 30.4 Å². The molecular formula is C10H5N3O2S. The molecule has 1 aliphatic rings. The highest BCUT2D eigenvalue weighted by molar-refractivity contribution is 7.00. The first-order valence-electron chi connectivity index (χ1n) is 4.54. The Bertz CT molecular complexity index is 614. The zero-order valence-corrected chi connectivity index (χ0v) is 8.77. The molecule has 78 valence electrons.